The molecule has 2 heterocycles. The van der Waals surface area contributed by atoms with Gasteiger partial charge in [-0.2, -0.15) is 0 Å². The van der Waals surface area contributed by atoms with Crippen molar-refractivity contribution in [3.8, 4) is 5.75 Å². The Morgan fingerprint density at radius 2 is 2.00 bits per heavy atom. The van der Waals surface area contributed by atoms with E-state index in [2.05, 4.69) is 4.72 Å². The summed E-state index contributed by atoms with van der Waals surface area (Å²) in [6, 6.07) is 7.42. The third kappa shape index (κ3) is 3.22. The molecule has 21 heavy (non-hydrogen) atoms. The van der Waals surface area contributed by atoms with E-state index < -0.39 is 10.0 Å². The smallest absolute Gasteiger partial charge is 0.215 e. The number of hydrogen-bond acceptors (Lipinski definition) is 4. The largest absolute Gasteiger partial charge is 0.493 e. The molecular formula is C15H21NO4S. The molecule has 1 aromatic rings. The topological polar surface area (TPSA) is 64.6 Å². The van der Waals surface area contributed by atoms with Crippen molar-refractivity contribution >= 4 is 10.0 Å². The van der Waals surface area contributed by atoms with Crippen LogP contribution >= 0.6 is 0 Å². The van der Waals surface area contributed by atoms with Crippen molar-refractivity contribution in [2.75, 3.05) is 13.2 Å². The third-order valence-electron chi connectivity index (χ3n) is 4.14. The van der Waals surface area contributed by atoms with Crippen LogP contribution < -0.4 is 9.46 Å². The average Bonchev–Trinajstić information content (AvgIpc) is 2.47. The van der Waals surface area contributed by atoms with E-state index in [1.54, 1.807) is 0 Å². The molecule has 1 saturated heterocycles. The molecule has 2 aliphatic heterocycles. The number of benzene rings is 1. The summed E-state index contributed by atoms with van der Waals surface area (Å²) in [6.07, 6.45) is 1.78. The van der Waals surface area contributed by atoms with E-state index in [0.717, 1.165) is 11.3 Å². The highest BCUT2D eigenvalue weighted by molar-refractivity contribution is 7.90. The van der Waals surface area contributed by atoms with Crippen LogP contribution in [0.5, 0.6) is 5.75 Å². The maximum absolute atomic E-state index is 12.6. The Morgan fingerprint density at radius 1 is 1.19 bits per heavy atom. The lowest BCUT2D eigenvalue weighted by Crippen LogP contribution is -2.42. The van der Waals surface area contributed by atoms with E-state index >= 15 is 0 Å². The number of nitrogens with one attached hydrogen (secondary N) is 1. The lowest BCUT2D eigenvalue weighted by molar-refractivity contribution is 0.0298. The first kappa shape index (κ1) is 14.8. The fourth-order valence-corrected chi connectivity index (χ4v) is 4.76. The van der Waals surface area contributed by atoms with Crippen molar-refractivity contribution in [1.82, 2.24) is 4.72 Å². The minimum absolute atomic E-state index is 0.00213. The Morgan fingerprint density at radius 3 is 2.81 bits per heavy atom. The maximum atomic E-state index is 12.6. The summed E-state index contributed by atoms with van der Waals surface area (Å²) in [4.78, 5) is 0. The van der Waals surface area contributed by atoms with Gasteiger partial charge >= 0.3 is 0 Å². The second kappa shape index (κ2) is 5.94. The summed E-state index contributed by atoms with van der Waals surface area (Å²) >= 11 is 0. The number of para-hydroxylation sites is 1. The van der Waals surface area contributed by atoms with Gasteiger partial charge in [-0.15, -0.1) is 0 Å². The van der Waals surface area contributed by atoms with Crippen molar-refractivity contribution in [2.24, 2.45) is 0 Å². The van der Waals surface area contributed by atoms with E-state index in [1.165, 1.54) is 0 Å². The molecule has 5 nitrogen and oxygen atoms in total. The minimum atomic E-state index is -3.34. The zero-order chi connectivity index (χ0) is 14.9. The molecule has 1 fully saturated rings. The summed E-state index contributed by atoms with van der Waals surface area (Å²) in [5, 5.41) is -0.365. The van der Waals surface area contributed by atoms with Crippen molar-refractivity contribution in [1.29, 1.82) is 0 Å². The highest BCUT2D eigenvalue weighted by Crippen LogP contribution is 2.33. The van der Waals surface area contributed by atoms with E-state index in [0.29, 0.717) is 32.5 Å². The number of ether oxygens (including phenoxy) is 2. The van der Waals surface area contributed by atoms with Crippen LogP contribution in [-0.2, 0) is 14.8 Å². The summed E-state index contributed by atoms with van der Waals surface area (Å²) in [6.45, 7) is 2.97. The Balaban J connectivity index is 1.77. The summed E-state index contributed by atoms with van der Waals surface area (Å²) in [7, 11) is -3.34. The monoisotopic (exact) mass is 311 g/mol. The predicted molar refractivity (Wildman–Crippen MR) is 79.8 cm³/mol. The highest BCUT2D eigenvalue weighted by Gasteiger charge is 2.34. The van der Waals surface area contributed by atoms with Crippen LogP contribution in [0.15, 0.2) is 24.3 Å². The molecule has 1 aromatic carbocycles. The average molecular weight is 311 g/mol. The lowest BCUT2D eigenvalue weighted by atomic mass is 10.0. The molecule has 116 valence electrons. The Labute approximate surface area is 125 Å². The fourth-order valence-electron chi connectivity index (χ4n) is 3.00. The van der Waals surface area contributed by atoms with Gasteiger partial charge < -0.3 is 9.47 Å². The van der Waals surface area contributed by atoms with E-state index in [1.807, 2.05) is 31.2 Å². The van der Waals surface area contributed by atoms with Crippen molar-refractivity contribution in [3.05, 3.63) is 29.8 Å². The molecular weight excluding hydrogens is 290 g/mol. The van der Waals surface area contributed by atoms with Gasteiger partial charge in [-0.1, -0.05) is 18.2 Å². The maximum Gasteiger partial charge on any atom is 0.215 e. The van der Waals surface area contributed by atoms with Crippen LogP contribution in [0, 0.1) is 0 Å². The Kier molecular flexibility index (Phi) is 4.19. The number of rotatable bonds is 3. The van der Waals surface area contributed by atoms with Gasteiger partial charge in [0.2, 0.25) is 10.0 Å². The van der Waals surface area contributed by atoms with E-state index in [-0.39, 0.29) is 17.4 Å². The Bertz CT molecular complexity index is 601. The second-order valence-electron chi connectivity index (χ2n) is 5.72. The molecule has 0 aliphatic carbocycles. The van der Waals surface area contributed by atoms with Gasteiger partial charge in [0.25, 0.3) is 0 Å². The van der Waals surface area contributed by atoms with Gasteiger partial charge in [-0.25, -0.2) is 13.1 Å². The Hall–Kier alpha value is -1.11. The number of hydrogen-bond donors (Lipinski definition) is 1. The van der Waals surface area contributed by atoms with Crippen molar-refractivity contribution in [3.63, 3.8) is 0 Å². The van der Waals surface area contributed by atoms with Gasteiger partial charge in [0.15, 0.2) is 0 Å². The molecule has 3 atom stereocenters. The van der Waals surface area contributed by atoms with Gasteiger partial charge in [0.05, 0.1) is 24.0 Å². The standard InChI is InChI=1S/C15H21NO4S/c1-11-10-12(6-8-19-11)21(17,18)16-14-7-9-20-15-5-3-2-4-13(14)15/h2-5,11-12,14,16H,6-10H2,1H3/t11-,12+,14-/m1/s1. The molecule has 0 unspecified atom stereocenters. The van der Waals surface area contributed by atoms with Crippen LogP contribution in [0.2, 0.25) is 0 Å². The van der Waals surface area contributed by atoms with Gasteiger partial charge in [0.1, 0.15) is 5.75 Å². The zero-order valence-electron chi connectivity index (χ0n) is 12.1. The summed E-state index contributed by atoms with van der Waals surface area (Å²) < 4.78 is 39.1. The highest BCUT2D eigenvalue weighted by atomic mass is 32.2. The molecule has 0 radical (unpaired) electrons. The molecule has 6 heteroatoms. The van der Waals surface area contributed by atoms with Crippen LogP contribution in [0.3, 0.4) is 0 Å². The molecule has 0 saturated carbocycles. The normalized spacial score (nSPS) is 29.5. The molecule has 0 aromatic heterocycles. The molecule has 3 rings (SSSR count). The first-order chi connectivity index (χ1) is 10.1. The molecule has 2 aliphatic rings. The summed E-state index contributed by atoms with van der Waals surface area (Å²) in [5.41, 5.74) is 0.924. The molecule has 0 spiro atoms. The van der Waals surface area contributed by atoms with Crippen LogP contribution in [0.4, 0.5) is 0 Å². The van der Waals surface area contributed by atoms with Gasteiger partial charge in [-0.3, -0.25) is 0 Å². The summed E-state index contributed by atoms with van der Waals surface area (Å²) in [5.74, 6) is 0.775. The predicted octanol–water partition coefficient (Wildman–Crippen LogP) is 2.00. The zero-order valence-corrected chi connectivity index (χ0v) is 12.9. The van der Waals surface area contributed by atoms with E-state index in [4.69, 9.17) is 9.47 Å². The first-order valence-electron chi connectivity index (χ1n) is 7.41. The minimum Gasteiger partial charge on any atom is -0.493 e. The van der Waals surface area contributed by atoms with Gasteiger partial charge in [-0.05, 0) is 25.8 Å². The number of sulfonamides is 1. The van der Waals surface area contributed by atoms with Crippen LogP contribution in [0.25, 0.3) is 0 Å². The van der Waals surface area contributed by atoms with Crippen molar-refractivity contribution < 1.29 is 17.9 Å². The van der Waals surface area contributed by atoms with Gasteiger partial charge in [0, 0.05) is 18.6 Å². The van der Waals surface area contributed by atoms with Crippen LogP contribution in [0.1, 0.15) is 37.8 Å². The lowest BCUT2D eigenvalue weighted by Gasteiger charge is -2.31. The number of fused-ring (bicyclic) bond motifs is 1. The third-order valence-corrected chi connectivity index (χ3v) is 6.06. The van der Waals surface area contributed by atoms with Crippen molar-refractivity contribution in [2.45, 2.75) is 43.6 Å². The van der Waals surface area contributed by atoms with Crippen LogP contribution in [-0.4, -0.2) is 33.0 Å². The first-order valence-corrected chi connectivity index (χ1v) is 8.95. The fraction of sp³-hybridized carbons (Fsp3) is 0.600. The molecule has 0 bridgehead atoms. The SMILES string of the molecule is C[C@@H]1C[C@@H](S(=O)(=O)N[C@@H]2CCOc3ccccc32)CCO1. The van der Waals surface area contributed by atoms with E-state index in [9.17, 15) is 8.42 Å². The molecule has 1 N–H and O–H groups in total. The second-order valence-corrected chi connectivity index (χ2v) is 7.71. The quantitative estimate of drug-likeness (QED) is 0.927. The molecule has 0 amide bonds.